The summed E-state index contributed by atoms with van der Waals surface area (Å²) < 4.78 is 5.35. The van der Waals surface area contributed by atoms with Crippen LogP contribution < -0.4 is 56.1 Å². The normalized spacial score (nSPS) is 14.8. The molecule has 0 atom stereocenters. The third kappa shape index (κ3) is 4.81. The zero-order valence-corrected chi connectivity index (χ0v) is 14.9. The van der Waals surface area contributed by atoms with Crippen LogP contribution in [0.15, 0.2) is 30.9 Å². The summed E-state index contributed by atoms with van der Waals surface area (Å²) in [6.45, 7) is 8.50. The molecule has 3 nitrogen and oxygen atoms in total. The molecule has 19 heavy (non-hydrogen) atoms. The van der Waals surface area contributed by atoms with Gasteiger partial charge in [0.2, 0.25) is 0 Å². The van der Waals surface area contributed by atoms with E-state index in [2.05, 4.69) is 11.5 Å². The number of esters is 1. The predicted molar refractivity (Wildman–Crippen MR) is 72.6 cm³/mol. The van der Waals surface area contributed by atoms with Crippen LogP contribution in [-0.2, 0) is 11.3 Å². The number of carbonyl (C=O) groups excluding carboxylic acids is 1. The first-order valence-corrected chi connectivity index (χ1v) is 6.36. The van der Waals surface area contributed by atoms with Crippen LogP contribution in [0.2, 0.25) is 0 Å². The molecule has 0 N–H and O–H groups in total. The van der Waals surface area contributed by atoms with Crippen molar-refractivity contribution in [3.8, 4) is 5.75 Å². The van der Waals surface area contributed by atoms with Gasteiger partial charge in [-0.3, -0.25) is 4.90 Å². The quantitative estimate of drug-likeness (QED) is 0.332. The van der Waals surface area contributed by atoms with Crippen molar-refractivity contribution in [1.82, 2.24) is 4.90 Å². The number of aryl methyl sites for hydroxylation is 1. The standard InChI is InChI=1S/C15H19NO2.K.H/c1-3-14(17)18-15-12(2)7-6-8-13(15)11-16-9-4-5-10-16;;/h3,6-8H,1,4-5,9-11H2,2H3;;/q;+1;-1. The molecule has 1 aliphatic heterocycles. The number of ether oxygens (including phenoxy) is 1. The van der Waals surface area contributed by atoms with E-state index in [1.807, 2.05) is 25.1 Å². The van der Waals surface area contributed by atoms with E-state index >= 15 is 0 Å². The largest absolute Gasteiger partial charge is 1.00 e. The Bertz CT molecular complexity index is 459. The fourth-order valence-corrected chi connectivity index (χ4v) is 2.31. The fraction of sp³-hybridized carbons (Fsp3) is 0.400. The molecule has 0 radical (unpaired) electrons. The number of nitrogens with zero attached hydrogens (tertiary/aromatic N) is 1. The third-order valence-corrected chi connectivity index (χ3v) is 3.26. The molecular weight excluding hydrogens is 265 g/mol. The Kier molecular flexibility index (Phi) is 7.50. The van der Waals surface area contributed by atoms with Gasteiger partial charge in [-0.15, -0.1) is 0 Å². The Morgan fingerprint density at radius 1 is 1.47 bits per heavy atom. The molecule has 4 heteroatoms. The fourth-order valence-electron chi connectivity index (χ4n) is 2.31. The van der Waals surface area contributed by atoms with Gasteiger partial charge < -0.3 is 6.16 Å². The van der Waals surface area contributed by atoms with Gasteiger partial charge in [-0.2, -0.15) is 0 Å². The Hall–Kier alpha value is 0.0264. The molecule has 0 aliphatic carbocycles. The van der Waals surface area contributed by atoms with E-state index in [-0.39, 0.29) is 52.8 Å². The molecule has 1 aliphatic rings. The van der Waals surface area contributed by atoms with Gasteiger partial charge in [0.05, 0.1) is 0 Å². The third-order valence-electron chi connectivity index (χ3n) is 3.26. The summed E-state index contributed by atoms with van der Waals surface area (Å²) in [5.41, 5.74) is 2.06. The minimum atomic E-state index is -0.396. The summed E-state index contributed by atoms with van der Waals surface area (Å²) in [5.74, 6) is 0.293. The molecule has 0 aromatic heterocycles. The van der Waals surface area contributed by atoms with Crippen molar-refractivity contribution in [3.63, 3.8) is 0 Å². The van der Waals surface area contributed by atoms with Crippen molar-refractivity contribution in [1.29, 1.82) is 0 Å². The molecular formula is C15H20KNO2. The minimum Gasteiger partial charge on any atom is -1.00 e. The first-order chi connectivity index (χ1) is 8.70. The summed E-state index contributed by atoms with van der Waals surface area (Å²) in [6, 6.07) is 5.99. The number of hydrogen-bond donors (Lipinski definition) is 0. The second-order valence-electron chi connectivity index (χ2n) is 4.67. The molecule has 0 unspecified atom stereocenters. The molecule has 0 saturated carbocycles. The second kappa shape index (κ2) is 8.34. The van der Waals surface area contributed by atoms with Crippen LogP contribution in [-0.4, -0.2) is 24.0 Å². The van der Waals surface area contributed by atoms with Crippen molar-refractivity contribution < 1.29 is 62.3 Å². The van der Waals surface area contributed by atoms with E-state index in [1.54, 1.807) is 0 Å². The smallest absolute Gasteiger partial charge is 1.00 e. The molecule has 0 spiro atoms. The SMILES string of the molecule is C=CC(=O)Oc1c(C)cccc1CN1CCCC1.[H-].[K+]. The van der Waals surface area contributed by atoms with Gasteiger partial charge in [0.15, 0.2) is 0 Å². The van der Waals surface area contributed by atoms with Crippen LogP contribution in [0.3, 0.4) is 0 Å². The molecule has 0 bridgehead atoms. The van der Waals surface area contributed by atoms with E-state index in [9.17, 15) is 4.79 Å². The molecule has 1 fully saturated rings. The molecule has 0 amide bonds. The Balaban J connectivity index is 0.00000180. The molecule has 1 aromatic carbocycles. The number of para-hydroxylation sites is 1. The topological polar surface area (TPSA) is 29.5 Å². The van der Waals surface area contributed by atoms with Crippen LogP contribution in [0.1, 0.15) is 25.4 Å². The molecule has 98 valence electrons. The number of rotatable bonds is 4. The summed E-state index contributed by atoms with van der Waals surface area (Å²) >= 11 is 0. The summed E-state index contributed by atoms with van der Waals surface area (Å²) in [4.78, 5) is 13.8. The summed E-state index contributed by atoms with van der Waals surface area (Å²) in [5, 5.41) is 0. The van der Waals surface area contributed by atoms with Gasteiger partial charge in [-0.25, -0.2) is 4.79 Å². The first kappa shape index (κ1) is 17.1. The van der Waals surface area contributed by atoms with E-state index < -0.39 is 5.97 Å². The van der Waals surface area contributed by atoms with E-state index in [0.29, 0.717) is 5.75 Å². The van der Waals surface area contributed by atoms with Gasteiger partial charge in [-0.05, 0) is 38.4 Å². The minimum absolute atomic E-state index is 0. The monoisotopic (exact) mass is 285 g/mol. The van der Waals surface area contributed by atoms with Gasteiger partial charge in [0.25, 0.3) is 0 Å². The zero-order chi connectivity index (χ0) is 13.0. The van der Waals surface area contributed by atoms with Crippen LogP contribution in [0.5, 0.6) is 5.75 Å². The van der Waals surface area contributed by atoms with Crippen molar-refractivity contribution in [2.75, 3.05) is 13.1 Å². The summed E-state index contributed by atoms with van der Waals surface area (Å²) in [6.07, 6.45) is 3.72. The van der Waals surface area contributed by atoms with Gasteiger partial charge >= 0.3 is 57.4 Å². The van der Waals surface area contributed by atoms with E-state index in [1.165, 1.54) is 18.9 Å². The Morgan fingerprint density at radius 3 is 2.79 bits per heavy atom. The molecule has 1 heterocycles. The average molecular weight is 285 g/mol. The molecule has 2 rings (SSSR count). The van der Waals surface area contributed by atoms with Crippen molar-refractivity contribution in [2.45, 2.75) is 26.3 Å². The Labute approximate surface area is 158 Å². The second-order valence-corrected chi connectivity index (χ2v) is 4.67. The maximum atomic E-state index is 11.4. The van der Waals surface area contributed by atoms with Crippen molar-refractivity contribution in [3.05, 3.63) is 42.0 Å². The van der Waals surface area contributed by atoms with Crippen molar-refractivity contribution in [2.24, 2.45) is 0 Å². The van der Waals surface area contributed by atoms with Crippen LogP contribution >= 0.6 is 0 Å². The number of hydrogen-bond acceptors (Lipinski definition) is 3. The van der Waals surface area contributed by atoms with Gasteiger partial charge in [0.1, 0.15) is 5.75 Å². The average Bonchev–Trinajstić information content (AvgIpc) is 2.86. The van der Waals surface area contributed by atoms with Crippen molar-refractivity contribution >= 4 is 5.97 Å². The van der Waals surface area contributed by atoms with Crippen LogP contribution in [0.25, 0.3) is 0 Å². The Morgan fingerprint density at radius 2 is 2.16 bits per heavy atom. The maximum Gasteiger partial charge on any atom is 1.00 e. The predicted octanol–water partition coefficient (Wildman–Crippen LogP) is -0.201. The van der Waals surface area contributed by atoms with E-state index in [4.69, 9.17) is 4.74 Å². The van der Waals surface area contributed by atoms with Gasteiger partial charge in [0, 0.05) is 18.2 Å². The summed E-state index contributed by atoms with van der Waals surface area (Å²) in [7, 11) is 0. The maximum absolute atomic E-state index is 11.4. The number of benzene rings is 1. The number of likely N-dealkylation sites (tertiary alicyclic amines) is 1. The first-order valence-electron chi connectivity index (χ1n) is 6.36. The molecule has 1 saturated heterocycles. The van der Waals surface area contributed by atoms with Crippen LogP contribution in [0, 0.1) is 6.92 Å². The number of carbonyl (C=O) groups is 1. The van der Waals surface area contributed by atoms with E-state index in [0.717, 1.165) is 30.8 Å². The zero-order valence-electron chi connectivity index (χ0n) is 12.8. The van der Waals surface area contributed by atoms with Crippen LogP contribution in [0.4, 0.5) is 0 Å². The van der Waals surface area contributed by atoms with Gasteiger partial charge in [-0.1, -0.05) is 24.8 Å². The molecule has 1 aromatic rings.